The van der Waals surface area contributed by atoms with Crippen molar-refractivity contribution in [3.8, 4) is 0 Å². The van der Waals surface area contributed by atoms with E-state index in [-0.39, 0.29) is 5.91 Å². The zero-order chi connectivity index (χ0) is 17.3. The molecule has 0 bridgehead atoms. The third kappa shape index (κ3) is 3.25. The first-order valence-electron chi connectivity index (χ1n) is 8.17. The summed E-state index contributed by atoms with van der Waals surface area (Å²) in [6.07, 6.45) is 4.84. The molecule has 7 heteroatoms. The van der Waals surface area contributed by atoms with Gasteiger partial charge in [0.05, 0.1) is 17.3 Å². The Morgan fingerprint density at radius 2 is 2.04 bits per heavy atom. The molecule has 0 saturated carbocycles. The molecule has 4 nitrogen and oxygen atoms in total. The molecule has 0 radical (unpaired) electrons. The van der Waals surface area contributed by atoms with Crippen molar-refractivity contribution in [2.45, 2.75) is 44.2 Å². The van der Waals surface area contributed by atoms with Crippen LogP contribution in [0.5, 0.6) is 0 Å². The third-order valence-electron chi connectivity index (χ3n) is 4.51. The number of rotatable bonds is 2. The second-order valence-electron chi connectivity index (χ2n) is 6.28. The number of hydrogen-bond donors (Lipinski definition) is 0. The highest BCUT2D eigenvalue weighted by Crippen LogP contribution is 2.35. The Bertz CT molecular complexity index is 688. The standard InChI is InChI=1S/C17H20F3N3O/c1-22-10-6-5-9-13(16(22)24)14-11-15(17(18,19)20)21-23(14)12-7-3-2-4-8-12/h3,7-8,11,13H,2,4-6,9-10H2,1H3. The number of likely N-dealkylation sites (N-methyl/N-ethyl adjacent to an activating group) is 1. The van der Waals surface area contributed by atoms with Gasteiger partial charge in [0.2, 0.25) is 5.91 Å². The van der Waals surface area contributed by atoms with Crippen LogP contribution in [0.25, 0.3) is 5.70 Å². The van der Waals surface area contributed by atoms with Crippen LogP contribution in [0, 0.1) is 0 Å². The number of alkyl halides is 3. The van der Waals surface area contributed by atoms with Crippen molar-refractivity contribution in [3.05, 3.63) is 35.7 Å². The molecule has 3 rings (SSSR count). The van der Waals surface area contributed by atoms with Gasteiger partial charge in [0.15, 0.2) is 5.69 Å². The first-order chi connectivity index (χ1) is 11.4. The van der Waals surface area contributed by atoms with E-state index in [1.165, 1.54) is 4.68 Å². The molecule has 2 aliphatic rings. The number of allylic oxidation sites excluding steroid dienone is 4. The SMILES string of the molecule is CN1CCCCC(c2cc(C(F)(F)F)nn2C2=CCCC=C2)C1=O. The number of likely N-dealkylation sites (tertiary alicyclic amines) is 1. The summed E-state index contributed by atoms with van der Waals surface area (Å²) in [6.45, 7) is 0.637. The highest BCUT2D eigenvalue weighted by atomic mass is 19.4. The summed E-state index contributed by atoms with van der Waals surface area (Å²) in [5.41, 5.74) is -0.0117. The van der Waals surface area contributed by atoms with Gasteiger partial charge in [0.25, 0.3) is 0 Å². The number of carbonyl (C=O) groups excluding carboxylic acids is 1. The number of aromatic nitrogens is 2. The molecule has 0 N–H and O–H groups in total. The average molecular weight is 339 g/mol. The van der Waals surface area contributed by atoms with Crippen LogP contribution in [0.4, 0.5) is 13.2 Å². The highest BCUT2D eigenvalue weighted by molar-refractivity contribution is 5.84. The summed E-state index contributed by atoms with van der Waals surface area (Å²) in [7, 11) is 1.70. The van der Waals surface area contributed by atoms with E-state index in [4.69, 9.17) is 0 Å². The van der Waals surface area contributed by atoms with Crippen molar-refractivity contribution in [1.29, 1.82) is 0 Å². The fraction of sp³-hybridized carbons (Fsp3) is 0.529. The van der Waals surface area contributed by atoms with Crippen LogP contribution in [0.2, 0.25) is 0 Å². The zero-order valence-electron chi connectivity index (χ0n) is 13.5. The molecule has 1 aliphatic heterocycles. The Kier molecular flexibility index (Phi) is 4.51. The van der Waals surface area contributed by atoms with Gasteiger partial charge in [-0.2, -0.15) is 18.3 Å². The molecule has 0 spiro atoms. The first kappa shape index (κ1) is 16.8. The maximum atomic E-state index is 13.2. The molecule has 130 valence electrons. The Morgan fingerprint density at radius 1 is 1.25 bits per heavy atom. The van der Waals surface area contributed by atoms with Crippen LogP contribution in [0.15, 0.2) is 24.3 Å². The van der Waals surface area contributed by atoms with Gasteiger partial charge in [-0.1, -0.05) is 18.6 Å². The van der Waals surface area contributed by atoms with Crippen LogP contribution in [0.1, 0.15) is 49.4 Å². The number of carbonyl (C=O) groups is 1. The molecule has 24 heavy (non-hydrogen) atoms. The number of amides is 1. The maximum absolute atomic E-state index is 13.2. The van der Waals surface area contributed by atoms with Gasteiger partial charge in [-0.15, -0.1) is 0 Å². The molecule has 1 aliphatic carbocycles. The molecule has 1 atom stereocenters. The van der Waals surface area contributed by atoms with Crippen molar-refractivity contribution >= 4 is 11.6 Å². The molecule has 1 aromatic rings. The van der Waals surface area contributed by atoms with Crippen LogP contribution in [-0.4, -0.2) is 34.2 Å². The lowest BCUT2D eigenvalue weighted by Gasteiger charge is -2.21. The molecular weight excluding hydrogens is 319 g/mol. The second-order valence-corrected chi connectivity index (χ2v) is 6.28. The predicted molar refractivity (Wildman–Crippen MR) is 84.1 cm³/mol. The van der Waals surface area contributed by atoms with Crippen molar-refractivity contribution < 1.29 is 18.0 Å². The van der Waals surface area contributed by atoms with Crippen molar-refractivity contribution in [3.63, 3.8) is 0 Å². The second kappa shape index (κ2) is 6.45. The minimum absolute atomic E-state index is 0.136. The van der Waals surface area contributed by atoms with Crippen LogP contribution in [-0.2, 0) is 11.0 Å². The Hall–Kier alpha value is -2.05. The number of halogens is 3. The molecule has 1 amide bonds. The van der Waals surface area contributed by atoms with Crippen molar-refractivity contribution in [2.24, 2.45) is 0 Å². The van der Waals surface area contributed by atoms with Crippen molar-refractivity contribution in [2.75, 3.05) is 13.6 Å². The van der Waals surface area contributed by atoms with E-state index in [0.717, 1.165) is 31.7 Å². The van der Waals surface area contributed by atoms with E-state index < -0.39 is 17.8 Å². The molecular formula is C17H20F3N3O. The summed E-state index contributed by atoms with van der Waals surface area (Å²) >= 11 is 0. The number of hydrogen-bond acceptors (Lipinski definition) is 2. The first-order valence-corrected chi connectivity index (χ1v) is 8.17. The Morgan fingerprint density at radius 3 is 2.71 bits per heavy atom. The van der Waals surface area contributed by atoms with Crippen LogP contribution >= 0.6 is 0 Å². The maximum Gasteiger partial charge on any atom is 0.435 e. The average Bonchev–Trinajstić information content (AvgIpc) is 2.93. The van der Waals surface area contributed by atoms with Gasteiger partial charge in [-0.3, -0.25) is 4.79 Å². The van der Waals surface area contributed by atoms with Gasteiger partial charge in [-0.25, -0.2) is 4.68 Å². The van der Waals surface area contributed by atoms with E-state index in [9.17, 15) is 18.0 Å². The number of nitrogens with zero attached hydrogens (tertiary/aromatic N) is 3. The molecule has 1 saturated heterocycles. The smallest absolute Gasteiger partial charge is 0.345 e. The summed E-state index contributed by atoms with van der Waals surface area (Å²) in [5.74, 6) is -0.722. The molecule has 1 unspecified atom stereocenters. The van der Waals surface area contributed by atoms with Crippen LogP contribution < -0.4 is 0 Å². The Balaban J connectivity index is 2.07. The van der Waals surface area contributed by atoms with E-state index in [0.29, 0.717) is 24.4 Å². The summed E-state index contributed by atoms with van der Waals surface area (Å²) in [5, 5.41) is 3.77. The quantitative estimate of drug-likeness (QED) is 0.821. The molecule has 0 aromatic carbocycles. The minimum atomic E-state index is -4.53. The van der Waals surface area contributed by atoms with E-state index in [2.05, 4.69) is 5.10 Å². The van der Waals surface area contributed by atoms with Crippen molar-refractivity contribution in [1.82, 2.24) is 14.7 Å². The van der Waals surface area contributed by atoms with Gasteiger partial charge in [0, 0.05) is 13.6 Å². The summed E-state index contributed by atoms with van der Waals surface area (Å²) < 4.78 is 40.8. The van der Waals surface area contributed by atoms with E-state index >= 15 is 0 Å². The summed E-state index contributed by atoms with van der Waals surface area (Å²) in [6, 6.07) is 1.03. The lowest BCUT2D eigenvalue weighted by Crippen LogP contribution is -2.31. The highest BCUT2D eigenvalue weighted by Gasteiger charge is 2.38. The molecule has 1 aromatic heterocycles. The van der Waals surface area contributed by atoms with E-state index in [1.54, 1.807) is 18.0 Å². The van der Waals surface area contributed by atoms with E-state index in [1.807, 2.05) is 12.2 Å². The van der Waals surface area contributed by atoms with Gasteiger partial charge in [0.1, 0.15) is 0 Å². The fourth-order valence-corrected chi connectivity index (χ4v) is 3.22. The van der Waals surface area contributed by atoms with Gasteiger partial charge >= 0.3 is 6.18 Å². The predicted octanol–water partition coefficient (Wildman–Crippen LogP) is 3.82. The van der Waals surface area contributed by atoms with Gasteiger partial charge in [-0.05, 0) is 37.8 Å². The van der Waals surface area contributed by atoms with Gasteiger partial charge < -0.3 is 4.90 Å². The monoisotopic (exact) mass is 339 g/mol. The molecule has 1 fully saturated rings. The Labute approximate surface area is 138 Å². The fourth-order valence-electron chi connectivity index (χ4n) is 3.22. The minimum Gasteiger partial charge on any atom is -0.345 e. The lowest BCUT2D eigenvalue weighted by molar-refractivity contribution is -0.141. The normalized spacial score (nSPS) is 22.5. The van der Waals surface area contributed by atoms with Crippen LogP contribution in [0.3, 0.4) is 0 Å². The zero-order valence-corrected chi connectivity index (χ0v) is 13.5. The largest absolute Gasteiger partial charge is 0.435 e. The lowest BCUT2D eigenvalue weighted by atomic mass is 9.97. The summed E-state index contributed by atoms with van der Waals surface area (Å²) in [4.78, 5) is 14.2. The molecule has 2 heterocycles. The topological polar surface area (TPSA) is 38.1 Å². The third-order valence-corrected chi connectivity index (χ3v) is 4.51.